The van der Waals surface area contributed by atoms with Crippen LogP contribution in [-0.4, -0.2) is 12.1 Å². The number of benzene rings is 4. The molecule has 0 fully saturated rings. The first-order valence-corrected chi connectivity index (χ1v) is 14.5. The zero-order chi connectivity index (χ0) is 31.1. The topological polar surface area (TPSA) is 99.8 Å². The van der Waals surface area contributed by atoms with Crippen LogP contribution in [0, 0.1) is 20.0 Å². The van der Waals surface area contributed by atoms with Crippen LogP contribution < -0.4 is 26.3 Å². The Labute approximate surface area is 255 Å². The van der Waals surface area contributed by atoms with Gasteiger partial charge in [-0.1, -0.05) is 72.8 Å². The van der Waals surface area contributed by atoms with Crippen LogP contribution >= 0.6 is 15.8 Å². The fraction of sp³-hybridized carbons (Fsp3) is 0.0323. The van der Waals surface area contributed by atoms with Crippen LogP contribution in [0.5, 0.6) is 0 Å². The van der Waals surface area contributed by atoms with Crippen molar-refractivity contribution in [1.29, 1.82) is 0 Å². The van der Waals surface area contributed by atoms with Crippen molar-refractivity contribution in [1.82, 2.24) is 0 Å². The van der Waals surface area contributed by atoms with E-state index in [1.165, 1.54) is 21.2 Å². The molecule has 0 aliphatic carbocycles. The Hall–Kier alpha value is -3.52. The van der Waals surface area contributed by atoms with Gasteiger partial charge in [-0.15, -0.1) is 0 Å². The second-order valence-corrected chi connectivity index (χ2v) is 12.0. The smallest absolute Gasteiger partial charge is 0 e. The van der Waals surface area contributed by atoms with Gasteiger partial charge in [0.15, 0.2) is 0 Å². The molecule has 0 bridgehead atoms. The van der Waals surface area contributed by atoms with Gasteiger partial charge in [-0.2, -0.15) is 13.2 Å². The number of halogens is 3. The van der Waals surface area contributed by atoms with Crippen LogP contribution in [0.15, 0.2) is 133 Å². The van der Waals surface area contributed by atoms with E-state index in [9.17, 15) is 13.2 Å². The Morgan fingerprint density at radius 3 is 0.857 bits per heavy atom. The van der Waals surface area contributed by atoms with Crippen LogP contribution in [0.4, 0.5) is 13.2 Å². The van der Waals surface area contributed by atoms with Gasteiger partial charge >= 0.3 is 40.1 Å². The van der Waals surface area contributed by atoms with E-state index in [0.717, 1.165) is 0 Å². The maximum Gasteiger partial charge on any atom is 0 e. The number of hydrogen-bond acceptors (Lipinski definition) is 2. The summed E-state index contributed by atoms with van der Waals surface area (Å²) in [5.41, 5.74) is 0. The summed E-state index contributed by atoms with van der Waals surface area (Å²) in [7, 11) is -1.93. The van der Waals surface area contributed by atoms with Gasteiger partial charge in [0, 0.05) is 17.1 Å². The summed E-state index contributed by atoms with van der Waals surface area (Å²) in [6.45, 7) is 13.5. The first-order chi connectivity index (χ1) is 19.9. The molecule has 0 amide bonds. The number of hydrogen-bond donors (Lipinski definition) is 0. The van der Waals surface area contributed by atoms with E-state index in [4.69, 9.17) is 23.9 Å². The second kappa shape index (κ2) is 24.1. The van der Waals surface area contributed by atoms with E-state index in [2.05, 4.69) is 153 Å². The Kier molecular flexibility index (Phi) is 23.3. The molecular formula is C31H24F3MnO5P2+. The molecule has 0 heterocycles. The Balaban J connectivity index is 0. The minimum Gasteiger partial charge on any atom is 0 e. The molecule has 0 saturated heterocycles. The summed E-state index contributed by atoms with van der Waals surface area (Å²) in [6, 6.07) is 43.7. The number of carboxylic acids is 1. The quantitative estimate of drug-likeness (QED) is 0.134. The molecule has 11 heteroatoms. The molecule has 4 aromatic carbocycles. The summed E-state index contributed by atoms with van der Waals surface area (Å²) < 4.78 is 54.0. The number of carboxylic acid groups (broad SMARTS) is 1. The molecular weight excluding hydrogens is 626 g/mol. The predicted molar refractivity (Wildman–Crippen MR) is 153 cm³/mol. The summed E-state index contributed by atoms with van der Waals surface area (Å²) in [5, 5.41) is 14.5. The number of aliphatic carboxylic acids is 1. The fourth-order valence-corrected chi connectivity index (χ4v) is 8.33. The van der Waals surface area contributed by atoms with E-state index in [0.29, 0.717) is 0 Å². The maximum atomic E-state index is 10.5. The third-order valence-electron chi connectivity index (χ3n) is 4.99. The first kappa shape index (κ1) is 40.6. The molecule has 4 rings (SSSR count). The van der Waals surface area contributed by atoms with Crippen LogP contribution in [0.1, 0.15) is 0 Å². The van der Waals surface area contributed by atoms with Crippen molar-refractivity contribution in [2.24, 2.45) is 0 Å². The van der Waals surface area contributed by atoms with Crippen molar-refractivity contribution in [3.63, 3.8) is 0 Å². The second-order valence-electron chi connectivity index (χ2n) is 7.41. The molecule has 0 atom stereocenters. The minimum absolute atomic E-state index is 0. The molecule has 4 aromatic rings. The molecule has 0 aliphatic rings. The van der Waals surface area contributed by atoms with E-state index < -0.39 is 28.0 Å². The monoisotopic (exact) mass is 650 g/mol. The van der Waals surface area contributed by atoms with Gasteiger partial charge < -0.3 is 9.90 Å². The molecule has 0 saturated carbocycles. The van der Waals surface area contributed by atoms with Crippen molar-refractivity contribution >= 4 is 43.0 Å². The SMILES string of the molecule is C(=C/[PH+](c1ccccc1)c1ccccc1)/[PH+](c1ccccc1)c1ccccc1.O=C([O-])C(F)(F)F.[C-]#[O+].[C-]#[O+].[C-]#[O+].[Mn]. The van der Waals surface area contributed by atoms with Gasteiger partial charge in [-0.05, 0) is 48.5 Å². The Morgan fingerprint density at radius 2 is 0.714 bits per heavy atom. The van der Waals surface area contributed by atoms with Crippen LogP contribution in [0.2, 0.25) is 0 Å². The third-order valence-corrected chi connectivity index (χ3v) is 10.1. The van der Waals surface area contributed by atoms with Crippen molar-refractivity contribution in [2.75, 3.05) is 0 Å². The van der Waals surface area contributed by atoms with Crippen molar-refractivity contribution in [3.8, 4) is 0 Å². The standard InChI is InChI=1S/C26H22P2.C2HF3O2.3CO.Mn/c1-5-13-23(14-6-1)27(24-15-7-2-8-16-24)21-22-28(25-17-9-3-10-18-25)26-19-11-4-12-20-26;3-2(4,5)1(6)7;3*1-2;/h1-22H;(H,6,7);;;;/p+1/b22-21-;;;;;. The fourth-order valence-electron chi connectivity index (χ4n) is 3.36. The van der Waals surface area contributed by atoms with Gasteiger partial charge in [-0.25, -0.2) is 0 Å². The largest absolute Gasteiger partial charge is 0 e. The maximum absolute atomic E-state index is 10.5. The van der Waals surface area contributed by atoms with Gasteiger partial charge in [-0.3, -0.25) is 0 Å². The van der Waals surface area contributed by atoms with E-state index in [1.807, 2.05) is 0 Å². The van der Waals surface area contributed by atoms with E-state index in [-0.39, 0.29) is 17.1 Å². The van der Waals surface area contributed by atoms with E-state index in [1.54, 1.807) is 0 Å². The van der Waals surface area contributed by atoms with Crippen molar-refractivity contribution in [2.45, 2.75) is 6.18 Å². The van der Waals surface area contributed by atoms with Crippen LogP contribution in [-0.2, 0) is 35.8 Å². The first-order valence-electron chi connectivity index (χ1n) is 11.4. The average molecular weight is 650 g/mol. The van der Waals surface area contributed by atoms with Gasteiger partial charge in [0.1, 0.15) is 38.8 Å². The summed E-state index contributed by atoms with van der Waals surface area (Å²) in [6.07, 6.45) is -5.19. The minimum atomic E-state index is -5.19. The summed E-state index contributed by atoms with van der Waals surface area (Å²) in [4.78, 5) is 8.78. The Morgan fingerprint density at radius 1 is 0.548 bits per heavy atom. The normalized spacial score (nSPS) is 9.60. The van der Waals surface area contributed by atoms with Crippen LogP contribution in [0.3, 0.4) is 0 Å². The average Bonchev–Trinajstić information content (AvgIpc) is 3.04. The molecule has 42 heavy (non-hydrogen) atoms. The van der Waals surface area contributed by atoms with Gasteiger partial charge in [0.2, 0.25) is 0 Å². The molecule has 5 nitrogen and oxygen atoms in total. The van der Waals surface area contributed by atoms with Crippen molar-refractivity contribution < 1.29 is 54.1 Å². The van der Waals surface area contributed by atoms with Crippen molar-refractivity contribution in [3.05, 3.63) is 153 Å². The summed E-state index contributed by atoms with van der Waals surface area (Å²) >= 11 is 0. The zero-order valence-electron chi connectivity index (χ0n) is 21.8. The number of carbonyl (C=O) groups excluding carboxylic acids is 1. The van der Waals surface area contributed by atoms with E-state index >= 15 is 0 Å². The van der Waals surface area contributed by atoms with Crippen LogP contribution in [0.25, 0.3) is 0 Å². The third kappa shape index (κ3) is 14.9. The van der Waals surface area contributed by atoms with Gasteiger partial charge in [0.05, 0.1) is 15.8 Å². The predicted octanol–water partition coefficient (Wildman–Crippen LogP) is 4.37. The molecule has 0 spiro atoms. The zero-order valence-corrected chi connectivity index (χ0v) is 24.9. The Bertz CT molecular complexity index is 1170. The number of carbonyl (C=O) groups is 1. The molecule has 0 aromatic heterocycles. The molecule has 0 aliphatic heterocycles. The molecule has 0 unspecified atom stereocenters. The summed E-state index contributed by atoms with van der Waals surface area (Å²) in [5.74, 6) is 2.00. The number of rotatable bonds is 6. The van der Waals surface area contributed by atoms with Gasteiger partial charge in [0.25, 0.3) is 0 Å². The molecule has 0 N–H and O–H groups in total. The number of alkyl halides is 3. The molecule has 1 radical (unpaired) electrons. The molecule has 215 valence electrons.